The minimum Gasteiger partial charge on any atom is -0.493 e. The largest absolute Gasteiger partial charge is 0.493 e. The van der Waals surface area contributed by atoms with Crippen molar-refractivity contribution in [3.05, 3.63) is 89.6 Å². The highest BCUT2D eigenvalue weighted by molar-refractivity contribution is 7.07. The number of esters is 1. The minimum absolute atomic E-state index is 0.0486. The molecular formula is C27H27ClN2O5S. The molecule has 1 atom stereocenters. The average molecular weight is 527 g/mol. The van der Waals surface area contributed by atoms with Gasteiger partial charge in [-0.05, 0) is 69.2 Å². The standard InChI is InChI=1S/C27H27ClN2O5S/c1-6-34-26(32)23-16(4)29-27-30(25(31)22(36-27)13-17-7-10-19(28)11-8-17)24(23)18-9-12-20(35-15(2)3)21(14-18)33-5/h7-15,24H,6H2,1-5H3/b22-13-/t24-/m1/s1. The lowest BCUT2D eigenvalue weighted by molar-refractivity contribution is -0.139. The summed E-state index contributed by atoms with van der Waals surface area (Å²) in [6, 6.07) is 11.9. The molecule has 0 fully saturated rings. The molecule has 0 aliphatic carbocycles. The van der Waals surface area contributed by atoms with Gasteiger partial charge in [0, 0.05) is 5.02 Å². The molecule has 9 heteroatoms. The number of hydrogen-bond acceptors (Lipinski definition) is 7. The van der Waals surface area contributed by atoms with E-state index < -0.39 is 12.0 Å². The molecule has 0 bridgehead atoms. The summed E-state index contributed by atoms with van der Waals surface area (Å²) in [7, 11) is 1.55. The van der Waals surface area contributed by atoms with Gasteiger partial charge in [0.2, 0.25) is 0 Å². The fourth-order valence-corrected chi connectivity index (χ4v) is 5.20. The molecule has 0 saturated carbocycles. The summed E-state index contributed by atoms with van der Waals surface area (Å²) in [5.74, 6) is 0.560. The normalized spacial score (nSPS) is 15.5. The van der Waals surface area contributed by atoms with E-state index in [0.717, 1.165) is 5.56 Å². The van der Waals surface area contributed by atoms with Crippen LogP contribution in [0.25, 0.3) is 6.08 Å². The van der Waals surface area contributed by atoms with Gasteiger partial charge in [0.15, 0.2) is 16.3 Å². The van der Waals surface area contributed by atoms with E-state index in [0.29, 0.717) is 42.7 Å². The van der Waals surface area contributed by atoms with Gasteiger partial charge in [0.25, 0.3) is 5.56 Å². The third-order valence-electron chi connectivity index (χ3n) is 5.55. The molecular weight excluding hydrogens is 500 g/mol. The number of fused-ring (bicyclic) bond motifs is 1. The molecule has 1 aliphatic heterocycles. The van der Waals surface area contributed by atoms with Crippen molar-refractivity contribution in [2.24, 2.45) is 4.99 Å². The molecule has 0 spiro atoms. The summed E-state index contributed by atoms with van der Waals surface area (Å²) in [4.78, 5) is 31.9. The summed E-state index contributed by atoms with van der Waals surface area (Å²) >= 11 is 7.27. The van der Waals surface area contributed by atoms with Crippen molar-refractivity contribution in [1.29, 1.82) is 0 Å². The van der Waals surface area contributed by atoms with Crippen LogP contribution in [0.15, 0.2) is 63.5 Å². The fraction of sp³-hybridized carbons (Fsp3) is 0.296. The lowest BCUT2D eigenvalue weighted by Crippen LogP contribution is -2.40. The quantitative estimate of drug-likeness (QED) is 0.430. The number of ether oxygens (including phenoxy) is 3. The maximum absolute atomic E-state index is 13.7. The number of nitrogens with zero attached hydrogens (tertiary/aromatic N) is 2. The van der Waals surface area contributed by atoms with Crippen LogP contribution in [0.2, 0.25) is 5.02 Å². The Bertz CT molecular complexity index is 1500. The van der Waals surface area contributed by atoms with E-state index in [1.54, 1.807) is 55.9 Å². The Morgan fingerprint density at radius 1 is 1.19 bits per heavy atom. The number of carbonyl (C=O) groups is 1. The number of halogens is 1. The van der Waals surface area contributed by atoms with Crippen LogP contribution in [0.5, 0.6) is 11.5 Å². The SMILES string of the molecule is CCOC(=O)C1=C(C)N=c2s/c(=C\c3ccc(Cl)cc3)c(=O)n2[C@@H]1c1ccc(OC(C)C)c(OC)c1. The summed E-state index contributed by atoms with van der Waals surface area (Å²) in [6.07, 6.45) is 1.74. The van der Waals surface area contributed by atoms with Crippen molar-refractivity contribution < 1.29 is 19.0 Å². The van der Waals surface area contributed by atoms with Crippen LogP contribution in [0, 0.1) is 0 Å². The molecule has 2 aromatic carbocycles. The lowest BCUT2D eigenvalue weighted by atomic mass is 9.95. The van der Waals surface area contributed by atoms with Gasteiger partial charge in [-0.1, -0.05) is 41.1 Å². The summed E-state index contributed by atoms with van der Waals surface area (Å²) in [5.41, 5.74) is 2.06. The number of methoxy groups -OCH3 is 1. The second kappa shape index (κ2) is 10.7. The van der Waals surface area contributed by atoms with Gasteiger partial charge in [0.1, 0.15) is 0 Å². The molecule has 0 amide bonds. The summed E-state index contributed by atoms with van der Waals surface area (Å²) in [5, 5.41) is 0.613. The van der Waals surface area contributed by atoms with Gasteiger partial charge in [0.05, 0.1) is 41.7 Å². The Morgan fingerprint density at radius 2 is 1.92 bits per heavy atom. The second-order valence-corrected chi connectivity index (χ2v) is 9.88. The van der Waals surface area contributed by atoms with E-state index in [-0.39, 0.29) is 18.3 Å². The third kappa shape index (κ3) is 5.10. The van der Waals surface area contributed by atoms with Crippen molar-refractivity contribution in [1.82, 2.24) is 4.57 Å². The van der Waals surface area contributed by atoms with Crippen LogP contribution in [0.1, 0.15) is 44.9 Å². The first kappa shape index (κ1) is 25.7. The molecule has 0 saturated heterocycles. The van der Waals surface area contributed by atoms with Crippen LogP contribution < -0.4 is 24.4 Å². The first-order valence-electron chi connectivity index (χ1n) is 11.5. The van der Waals surface area contributed by atoms with Gasteiger partial charge < -0.3 is 14.2 Å². The first-order valence-corrected chi connectivity index (χ1v) is 12.7. The second-order valence-electron chi connectivity index (χ2n) is 8.43. The van der Waals surface area contributed by atoms with Gasteiger partial charge in [-0.15, -0.1) is 0 Å². The highest BCUT2D eigenvalue weighted by Gasteiger charge is 2.34. The monoisotopic (exact) mass is 526 g/mol. The summed E-state index contributed by atoms with van der Waals surface area (Å²) < 4.78 is 18.8. The van der Waals surface area contributed by atoms with E-state index in [1.807, 2.05) is 32.0 Å². The van der Waals surface area contributed by atoms with Crippen molar-refractivity contribution in [2.45, 2.75) is 39.8 Å². The van der Waals surface area contributed by atoms with Gasteiger partial charge >= 0.3 is 5.97 Å². The minimum atomic E-state index is -0.741. The molecule has 3 aromatic rings. The van der Waals surface area contributed by atoms with E-state index in [2.05, 4.69) is 4.99 Å². The molecule has 7 nitrogen and oxygen atoms in total. The Morgan fingerprint density at radius 3 is 2.56 bits per heavy atom. The van der Waals surface area contributed by atoms with E-state index in [1.165, 1.54) is 11.3 Å². The van der Waals surface area contributed by atoms with E-state index in [4.69, 9.17) is 25.8 Å². The number of aromatic nitrogens is 1. The van der Waals surface area contributed by atoms with Gasteiger partial charge in [-0.2, -0.15) is 0 Å². The van der Waals surface area contributed by atoms with Crippen LogP contribution in [-0.2, 0) is 9.53 Å². The zero-order valence-electron chi connectivity index (χ0n) is 20.7. The van der Waals surface area contributed by atoms with Crippen LogP contribution in [0.4, 0.5) is 0 Å². The van der Waals surface area contributed by atoms with Crippen molar-refractivity contribution in [2.75, 3.05) is 13.7 Å². The molecule has 0 radical (unpaired) electrons. The number of benzene rings is 2. The zero-order valence-corrected chi connectivity index (χ0v) is 22.3. The predicted molar refractivity (Wildman–Crippen MR) is 141 cm³/mol. The molecule has 4 rings (SSSR count). The molecule has 188 valence electrons. The van der Waals surface area contributed by atoms with Crippen LogP contribution in [-0.4, -0.2) is 30.4 Å². The number of rotatable bonds is 7. The number of allylic oxidation sites excluding steroid dienone is 1. The number of carbonyl (C=O) groups excluding carboxylic acids is 1. The zero-order chi connectivity index (χ0) is 26.0. The van der Waals surface area contributed by atoms with Crippen molar-refractivity contribution >= 4 is 35.0 Å². The maximum atomic E-state index is 13.7. The first-order chi connectivity index (χ1) is 17.2. The van der Waals surface area contributed by atoms with Gasteiger partial charge in [-0.25, -0.2) is 9.79 Å². The molecule has 0 unspecified atom stereocenters. The molecule has 1 aliphatic rings. The Balaban J connectivity index is 1.94. The Hall–Kier alpha value is -3.36. The third-order valence-corrected chi connectivity index (χ3v) is 6.79. The topological polar surface area (TPSA) is 79.1 Å². The van der Waals surface area contributed by atoms with Crippen LogP contribution >= 0.6 is 22.9 Å². The summed E-state index contributed by atoms with van der Waals surface area (Å²) in [6.45, 7) is 7.55. The lowest BCUT2D eigenvalue weighted by Gasteiger charge is -2.25. The predicted octanol–water partition coefficient (Wildman–Crippen LogP) is 4.25. The number of thiazole rings is 1. The van der Waals surface area contributed by atoms with E-state index in [9.17, 15) is 9.59 Å². The molecule has 0 N–H and O–H groups in total. The van der Waals surface area contributed by atoms with E-state index >= 15 is 0 Å². The van der Waals surface area contributed by atoms with Gasteiger partial charge in [-0.3, -0.25) is 9.36 Å². The highest BCUT2D eigenvalue weighted by Crippen LogP contribution is 2.36. The highest BCUT2D eigenvalue weighted by atomic mass is 35.5. The van der Waals surface area contributed by atoms with Crippen molar-refractivity contribution in [3.8, 4) is 11.5 Å². The van der Waals surface area contributed by atoms with Crippen LogP contribution in [0.3, 0.4) is 0 Å². The Labute approximate surface area is 217 Å². The maximum Gasteiger partial charge on any atom is 0.338 e. The molecule has 2 heterocycles. The fourth-order valence-electron chi connectivity index (χ4n) is 4.02. The Kier molecular flexibility index (Phi) is 7.66. The average Bonchev–Trinajstić information content (AvgIpc) is 3.14. The van der Waals surface area contributed by atoms with Crippen molar-refractivity contribution in [3.63, 3.8) is 0 Å². The smallest absolute Gasteiger partial charge is 0.338 e. The molecule has 36 heavy (non-hydrogen) atoms. The molecule has 1 aromatic heterocycles. The number of hydrogen-bond donors (Lipinski definition) is 0.